The van der Waals surface area contributed by atoms with Crippen LogP contribution in [0.1, 0.15) is 11.3 Å². The van der Waals surface area contributed by atoms with Crippen molar-refractivity contribution in [2.24, 2.45) is 0 Å². The summed E-state index contributed by atoms with van der Waals surface area (Å²) < 4.78 is 4.01. The number of hydrogen-bond donors (Lipinski definition) is 0. The minimum atomic E-state index is 0.585. The number of hydrogen-bond acceptors (Lipinski definition) is 4. The summed E-state index contributed by atoms with van der Waals surface area (Å²) >= 11 is 0. The van der Waals surface area contributed by atoms with Gasteiger partial charge in [0.2, 0.25) is 0 Å². The summed E-state index contributed by atoms with van der Waals surface area (Å²) in [5, 5.41) is 8.66. The third kappa shape index (κ3) is 3.16. The zero-order valence-electron chi connectivity index (χ0n) is 15.2. The van der Waals surface area contributed by atoms with E-state index < -0.39 is 0 Å². The van der Waals surface area contributed by atoms with E-state index in [-0.39, 0.29) is 0 Å². The van der Waals surface area contributed by atoms with E-state index in [1.807, 2.05) is 65.5 Å². The molecule has 2 aromatic carbocycles. The number of pyridine rings is 1. The summed E-state index contributed by atoms with van der Waals surface area (Å²) in [5.74, 6) is 0.833. The van der Waals surface area contributed by atoms with Gasteiger partial charge in [-0.3, -0.25) is 4.98 Å². The van der Waals surface area contributed by atoms with Crippen LogP contribution in [0.4, 0.5) is 0 Å². The van der Waals surface area contributed by atoms with Crippen molar-refractivity contribution in [3.8, 4) is 11.5 Å². The molecule has 0 saturated carbocycles. The van der Waals surface area contributed by atoms with Crippen molar-refractivity contribution in [2.45, 2.75) is 13.1 Å². The number of nitrogens with zero attached hydrogens (tertiary/aromatic N) is 6. The van der Waals surface area contributed by atoms with Gasteiger partial charge in [-0.1, -0.05) is 53.7 Å². The third-order valence-electron chi connectivity index (χ3n) is 4.64. The van der Waals surface area contributed by atoms with Gasteiger partial charge in [0.25, 0.3) is 0 Å². The summed E-state index contributed by atoms with van der Waals surface area (Å²) in [6.45, 7) is 1.28. The first-order valence-corrected chi connectivity index (χ1v) is 9.16. The monoisotopic (exact) mass is 366 g/mol. The van der Waals surface area contributed by atoms with E-state index >= 15 is 0 Å². The number of imidazole rings is 1. The first-order valence-electron chi connectivity index (χ1n) is 9.16. The number of fused-ring (bicyclic) bond motifs is 1. The van der Waals surface area contributed by atoms with Crippen LogP contribution in [-0.2, 0) is 13.1 Å². The molecule has 3 heterocycles. The molecule has 0 bridgehead atoms. The van der Waals surface area contributed by atoms with Gasteiger partial charge in [0.05, 0.1) is 30.3 Å². The highest BCUT2D eigenvalue weighted by atomic mass is 15.4. The van der Waals surface area contributed by atoms with Crippen LogP contribution in [-0.4, -0.2) is 29.5 Å². The lowest BCUT2D eigenvalue weighted by atomic mass is 10.2. The topological polar surface area (TPSA) is 61.4 Å². The van der Waals surface area contributed by atoms with E-state index in [4.69, 9.17) is 4.98 Å². The van der Waals surface area contributed by atoms with Gasteiger partial charge in [-0.15, -0.1) is 5.10 Å². The normalized spacial score (nSPS) is 11.1. The van der Waals surface area contributed by atoms with E-state index in [0.29, 0.717) is 13.1 Å². The zero-order chi connectivity index (χ0) is 18.8. The van der Waals surface area contributed by atoms with Gasteiger partial charge in [0.1, 0.15) is 11.4 Å². The molecule has 0 fully saturated rings. The Balaban J connectivity index is 1.50. The van der Waals surface area contributed by atoms with Crippen molar-refractivity contribution >= 4 is 11.0 Å². The fraction of sp³-hybridized carbons (Fsp3) is 0.0909. The summed E-state index contributed by atoms with van der Waals surface area (Å²) in [6, 6.07) is 24.2. The molecule has 5 rings (SSSR count). The highest BCUT2D eigenvalue weighted by molar-refractivity contribution is 5.80. The highest BCUT2D eigenvalue weighted by Crippen LogP contribution is 2.24. The van der Waals surface area contributed by atoms with Crippen molar-refractivity contribution in [3.63, 3.8) is 0 Å². The van der Waals surface area contributed by atoms with Crippen LogP contribution in [0, 0.1) is 0 Å². The molecule has 3 aromatic heterocycles. The SMILES string of the molecule is c1ccc(Cn2cc(Cn3c(-c4ccccn4)nc4ccccc43)nn2)cc1. The molecule has 5 aromatic rings. The van der Waals surface area contributed by atoms with Gasteiger partial charge in [0.15, 0.2) is 5.82 Å². The fourth-order valence-electron chi connectivity index (χ4n) is 3.35. The number of benzene rings is 2. The predicted octanol–water partition coefficient (Wildman–Crippen LogP) is 3.79. The Bertz CT molecular complexity index is 1210. The van der Waals surface area contributed by atoms with Gasteiger partial charge in [-0.05, 0) is 29.8 Å². The van der Waals surface area contributed by atoms with Crippen molar-refractivity contribution < 1.29 is 0 Å². The van der Waals surface area contributed by atoms with Crippen molar-refractivity contribution in [1.82, 2.24) is 29.5 Å². The molecule has 0 radical (unpaired) electrons. The van der Waals surface area contributed by atoms with E-state index in [2.05, 4.69) is 38.1 Å². The van der Waals surface area contributed by atoms with Gasteiger partial charge in [-0.2, -0.15) is 0 Å². The lowest BCUT2D eigenvalue weighted by molar-refractivity contribution is 0.649. The predicted molar refractivity (Wildman–Crippen MR) is 108 cm³/mol. The van der Waals surface area contributed by atoms with Gasteiger partial charge in [0, 0.05) is 6.20 Å². The average molecular weight is 366 g/mol. The Morgan fingerprint density at radius 1 is 0.786 bits per heavy atom. The molecule has 0 atom stereocenters. The van der Waals surface area contributed by atoms with Gasteiger partial charge < -0.3 is 4.57 Å². The lowest BCUT2D eigenvalue weighted by Gasteiger charge is -2.06. The van der Waals surface area contributed by atoms with Crippen LogP contribution in [0.25, 0.3) is 22.6 Å². The zero-order valence-corrected chi connectivity index (χ0v) is 15.2. The number of aromatic nitrogens is 6. The number of para-hydroxylation sites is 2. The van der Waals surface area contributed by atoms with E-state index in [1.54, 1.807) is 6.20 Å². The molecule has 0 unspecified atom stereocenters. The summed E-state index contributed by atoms with van der Waals surface area (Å²) in [6.07, 6.45) is 3.78. The lowest BCUT2D eigenvalue weighted by Crippen LogP contribution is -2.03. The first-order chi connectivity index (χ1) is 13.9. The van der Waals surface area contributed by atoms with Crippen LogP contribution in [0.3, 0.4) is 0 Å². The average Bonchev–Trinajstić information content (AvgIpc) is 3.34. The van der Waals surface area contributed by atoms with Crippen LogP contribution in [0.5, 0.6) is 0 Å². The smallest absolute Gasteiger partial charge is 0.160 e. The second-order valence-electron chi connectivity index (χ2n) is 6.62. The molecule has 0 spiro atoms. The van der Waals surface area contributed by atoms with Crippen LogP contribution < -0.4 is 0 Å². The Kier molecular flexibility index (Phi) is 4.14. The molecule has 0 aliphatic carbocycles. The van der Waals surface area contributed by atoms with Crippen LogP contribution in [0.15, 0.2) is 85.2 Å². The summed E-state index contributed by atoms with van der Waals surface area (Å²) in [7, 11) is 0. The van der Waals surface area contributed by atoms with Crippen molar-refractivity contribution in [2.75, 3.05) is 0 Å². The summed E-state index contributed by atoms with van der Waals surface area (Å²) in [5.41, 5.74) is 4.92. The largest absolute Gasteiger partial charge is 0.316 e. The Labute approximate surface area is 162 Å². The molecular weight excluding hydrogens is 348 g/mol. The number of rotatable bonds is 5. The Morgan fingerprint density at radius 2 is 1.61 bits per heavy atom. The standard InChI is InChI=1S/C22H18N6/c1-2-8-17(9-3-1)14-27-15-18(25-26-27)16-28-21-12-5-4-10-19(21)24-22(28)20-11-6-7-13-23-20/h1-13,15H,14,16H2. The minimum Gasteiger partial charge on any atom is -0.316 e. The third-order valence-corrected chi connectivity index (χ3v) is 4.64. The van der Waals surface area contributed by atoms with Gasteiger partial charge in [-0.25, -0.2) is 9.67 Å². The Morgan fingerprint density at radius 3 is 2.46 bits per heavy atom. The molecular formula is C22H18N6. The maximum atomic E-state index is 4.80. The second kappa shape index (κ2) is 7.08. The molecule has 6 heteroatoms. The molecule has 0 aliphatic heterocycles. The van der Waals surface area contributed by atoms with E-state index in [0.717, 1.165) is 28.2 Å². The van der Waals surface area contributed by atoms with Crippen molar-refractivity contribution in [1.29, 1.82) is 0 Å². The van der Waals surface area contributed by atoms with E-state index in [1.165, 1.54) is 5.56 Å². The molecule has 0 aliphatic rings. The minimum absolute atomic E-state index is 0.585. The van der Waals surface area contributed by atoms with Gasteiger partial charge >= 0.3 is 0 Å². The first kappa shape index (κ1) is 16.4. The molecule has 6 nitrogen and oxygen atoms in total. The van der Waals surface area contributed by atoms with Crippen molar-refractivity contribution in [3.05, 3.63) is 96.4 Å². The second-order valence-corrected chi connectivity index (χ2v) is 6.62. The molecule has 0 saturated heterocycles. The fourth-order valence-corrected chi connectivity index (χ4v) is 3.35. The highest BCUT2D eigenvalue weighted by Gasteiger charge is 2.15. The quantitative estimate of drug-likeness (QED) is 0.475. The molecule has 0 amide bonds. The van der Waals surface area contributed by atoms with Crippen LogP contribution >= 0.6 is 0 Å². The maximum Gasteiger partial charge on any atom is 0.160 e. The summed E-state index contributed by atoms with van der Waals surface area (Å²) in [4.78, 5) is 9.28. The molecule has 136 valence electrons. The maximum absolute atomic E-state index is 4.80. The van der Waals surface area contributed by atoms with Crippen LogP contribution in [0.2, 0.25) is 0 Å². The molecule has 0 N–H and O–H groups in total. The Hall–Kier alpha value is -3.80. The molecule has 28 heavy (non-hydrogen) atoms. The van der Waals surface area contributed by atoms with E-state index in [9.17, 15) is 0 Å².